The van der Waals surface area contributed by atoms with Gasteiger partial charge in [0, 0.05) is 10.0 Å². The van der Waals surface area contributed by atoms with Crippen LogP contribution in [0.15, 0.2) is 39.3 Å². The maximum atomic E-state index is 10.7. The van der Waals surface area contributed by atoms with E-state index in [1.807, 2.05) is 25.1 Å². The number of hydrogen-bond donors (Lipinski definition) is 1. The second-order valence-electron chi connectivity index (χ2n) is 4.59. The largest absolute Gasteiger partial charge is 0.496 e. The van der Waals surface area contributed by atoms with Gasteiger partial charge in [-0.3, -0.25) is 0 Å². The van der Waals surface area contributed by atoms with E-state index in [0.717, 1.165) is 20.1 Å². The third-order valence-corrected chi connectivity index (χ3v) is 4.88. The van der Waals surface area contributed by atoms with Crippen LogP contribution in [0.4, 0.5) is 0 Å². The Balaban J connectivity index is 2.56. The van der Waals surface area contributed by atoms with E-state index in [-0.39, 0.29) is 0 Å². The highest BCUT2D eigenvalue weighted by molar-refractivity contribution is 9.10. The van der Waals surface area contributed by atoms with Gasteiger partial charge in [0.1, 0.15) is 17.6 Å². The zero-order chi connectivity index (χ0) is 15.6. The van der Waals surface area contributed by atoms with Gasteiger partial charge in [0.25, 0.3) is 0 Å². The molecule has 0 aliphatic rings. The molecule has 0 spiro atoms. The summed E-state index contributed by atoms with van der Waals surface area (Å²) in [6.07, 6.45) is -0.792. The normalized spacial score (nSPS) is 12.1. The van der Waals surface area contributed by atoms with Gasteiger partial charge in [-0.2, -0.15) is 0 Å². The van der Waals surface area contributed by atoms with Crippen molar-refractivity contribution < 1.29 is 14.6 Å². The van der Waals surface area contributed by atoms with E-state index in [9.17, 15) is 5.11 Å². The molecule has 0 radical (unpaired) electrons. The van der Waals surface area contributed by atoms with Gasteiger partial charge < -0.3 is 14.6 Å². The average molecular weight is 416 g/mol. The molecule has 2 aromatic rings. The minimum absolute atomic E-state index is 0.606. The molecule has 2 aromatic carbocycles. The van der Waals surface area contributed by atoms with E-state index >= 15 is 0 Å². The molecule has 0 aliphatic heterocycles. The van der Waals surface area contributed by atoms with Crippen molar-refractivity contribution in [2.75, 3.05) is 14.2 Å². The van der Waals surface area contributed by atoms with Gasteiger partial charge in [0.05, 0.1) is 18.7 Å². The van der Waals surface area contributed by atoms with Gasteiger partial charge in [-0.1, -0.05) is 28.1 Å². The summed E-state index contributed by atoms with van der Waals surface area (Å²) < 4.78 is 12.4. The van der Waals surface area contributed by atoms with Crippen LogP contribution < -0.4 is 9.47 Å². The fraction of sp³-hybridized carbons (Fsp3) is 0.250. The molecular formula is C16H16Br2O3. The van der Waals surface area contributed by atoms with Crippen molar-refractivity contribution in [1.82, 2.24) is 0 Å². The van der Waals surface area contributed by atoms with Gasteiger partial charge in [-0.25, -0.2) is 0 Å². The Morgan fingerprint density at radius 1 is 0.952 bits per heavy atom. The predicted octanol–water partition coefficient (Wildman–Crippen LogP) is 4.62. The van der Waals surface area contributed by atoms with Crippen molar-refractivity contribution in [3.05, 3.63) is 56.0 Å². The summed E-state index contributed by atoms with van der Waals surface area (Å²) >= 11 is 6.91. The van der Waals surface area contributed by atoms with Crippen molar-refractivity contribution in [1.29, 1.82) is 0 Å². The quantitative estimate of drug-likeness (QED) is 0.791. The van der Waals surface area contributed by atoms with Crippen molar-refractivity contribution in [2.45, 2.75) is 13.0 Å². The number of aliphatic hydroxyl groups is 1. The molecule has 0 fully saturated rings. The molecule has 0 saturated carbocycles. The predicted molar refractivity (Wildman–Crippen MR) is 90.2 cm³/mol. The fourth-order valence-corrected chi connectivity index (χ4v) is 3.05. The van der Waals surface area contributed by atoms with Crippen LogP contribution in [0.2, 0.25) is 0 Å². The molecule has 0 heterocycles. The summed E-state index contributed by atoms with van der Waals surface area (Å²) in [7, 11) is 3.17. The minimum atomic E-state index is -0.792. The number of halogens is 2. The first-order valence-corrected chi connectivity index (χ1v) is 7.92. The summed E-state index contributed by atoms with van der Waals surface area (Å²) in [6.45, 7) is 1.96. The number of benzene rings is 2. The summed E-state index contributed by atoms with van der Waals surface area (Å²) in [4.78, 5) is 0. The smallest absolute Gasteiger partial charge is 0.133 e. The lowest BCUT2D eigenvalue weighted by Gasteiger charge is -2.19. The summed E-state index contributed by atoms with van der Waals surface area (Å²) in [5.74, 6) is 1.26. The summed E-state index contributed by atoms with van der Waals surface area (Å²) in [5.41, 5.74) is 2.49. The molecular weight excluding hydrogens is 400 g/mol. The van der Waals surface area contributed by atoms with E-state index in [1.165, 1.54) is 0 Å². The number of rotatable bonds is 4. The molecule has 0 bridgehead atoms. The van der Waals surface area contributed by atoms with Crippen LogP contribution in [0.1, 0.15) is 22.8 Å². The van der Waals surface area contributed by atoms with Crippen LogP contribution in [0, 0.1) is 6.92 Å². The number of methoxy groups -OCH3 is 2. The van der Waals surface area contributed by atoms with E-state index < -0.39 is 6.10 Å². The van der Waals surface area contributed by atoms with E-state index in [0.29, 0.717) is 17.1 Å². The average Bonchev–Trinajstić information content (AvgIpc) is 2.49. The molecule has 1 unspecified atom stereocenters. The summed E-state index contributed by atoms with van der Waals surface area (Å²) in [5, 5.41) is 10.7. The molecule has 1 atom stereocenters. The van der Waals surface area contributed by atoms with Gasteiger partial charge >= 0.3 is 0 Å². The maximum Gasteiger partial charge on any atom is 0.133 e. The SMILES string of the molecule is COc1cc(C(O)c2cccc(Br)c2C)c(OC)cc1Br. The van der Waals surface area contributed by atoms with Crippen LogP contribution in [-0.2, 0) is 0 Å². The highest BCUT2D eigenvalue weighted by Gasteiger charge is 2.20. The second kappa shape index (κ2) is 6.81. The number of hydrogen-bond acceptors (Lipinski definition) is 3. The van der Waals surface area contributed by atoms with Gasteiger partial charge in [0.15, 0.2) is 0 Å². The van der Waals surface area contributed by atoms with Crippen LogP contribution in [0.25, 0.3) is 0 Å². The van der Waals surface area contributed by atoms with Crippen molar-refractivity contribution >= 4 is 31.9 Å². The second-order valence-corrected chi connectivity index (χ2v) is 6.29. The number of ether oxygens (including phenoxy) is 2. The first-order chi connectivity index (χ1) is 9.99. The van der Waals surface area contributed by atoms with Crippen molar-refractivity contribution in [3.63, 3.8) is 0 Å². The van der Waals surface area contributed by atoms with E-state index in [2.05, 4.69) is 31.9 Å². The molecule has 5 heteroatoms. The molecule has 0 amide bonds. The zero-order valence-electron chi connectivity index (χ0n) is 12.0. The third-order valence-electron chi connectivity index (χ3n) is 3.40. The van der Waals surface area contributed by atoms with E-state index in [1.54, 1.807) is 26.4 Å². The van der Waals surface area contributed by atoms with Crippen LogP contribution >= 0.6 is 31.9 Å². The third kappa shape index (κ3) is 3.25. The van der Waals surface area contributed by atoms with Crippen molar-refractivity contribution in [2.24, 2.45) is 0 Å². The van der Waals surface area contributed by atoms with Gasteiger partial charge in [-0.05, 0) is 52.2 Å². The lowest BCUT2D eigenvalue weighted by molar-refractivity contribution is 0.213. The Hall–Kier alpha value is -1.04. The minimum Gasteiger partial charge on any atom is -0.496 e. The number of aliphatic hydroxyl groups excluding tert-OH is 1. The first-order valence-electron chi connectivity index (χ1n) is 6.34. The highest BCUT2D eigenvalue weighted by atomic mass is 79.9. The fourth-order valence-electron chi connectivity index (χ4n) is 2.19. The topological polar surface area (TPSA) is 38.7 Å². The molecule has 0 saturated heterocycles. The lowest BCUT2D eigenvalue weighted by atomic mass is 9.96. The molecule has 3 nitrogen and oxygen atoms in total. The van der Waals surface area contributed by atoms with Crippen LogP contribution in [0.5, 0.6) is 11.5 Å². The van der Waals surface area contributed by atoms with E-state index in [4.69, 9.17) is 9.47 Å². The van der Waals surface area contributed by atoms with Crippen molar-refractivity contribution in [3.8, 4) is 11.5 Å². The first kappa shape index (κ1) is 16.3. The van der Waals surface area contributed by atoms with Gasteiger partial charge in [0.2, 0.25) is 0 Å². The monoisotopic (exact) mass is 414 g/mol. The molecule has 0 aliphatic carbocycles. The highest BCUT2D eigenvalue weighted by Crippen LogP contribution is 2.39. The molecule has 2 rings (SSSR count). The zero-order valence-corrected chi connectivity index (χ0v) is 15.2. The molecule has 1 N–H and O–H groups in total. The molecule has 21 heavy (non-hydrogen) atoms. The Kier molecular flexibility index (Phi) is 5.30. The summed E-state index contributed by atoms with van der Waals surface area (Å²) in [6, 6.07) is 9.33. The molecule has 0 aromatic heterocycles. The van der Waals surface area contributed by atoms with Crippen LogP contribution in [0.3, 0.4) is 0 Å². The molecule has 112 valence electrons. The van der Waals surface area contributed by atoms with Crippen LogP contribution in [-0.4, -0.2) is 19.3 Å². The maximum absolute atomic E-state index is 10.7. The Morgan fingerprint density at radius 3 is 2.24 bits per heavy atom. The Labute approximate surface area is 141 Å². The lowest BCUT2D eigenvalue weighted by Crippen LogP contribution is -2.05. The standard InChI is InChI=1S/C16H16Br2O3/c1-9-10(5-4-6-12(9)17)16(19)11-7-15(21-3)13(18)8-14(11)20-2/h4-8,16,19H,1-3H3. The van der Waals surface area contributed by atoms with Gasteiger partial charge in [-0.15, -0.1) is 0 Å². The Bertz CT molecular complexity index is 656. The Morgan fingerprint density at radius 2 is 1.62 bits per heavy atom.